The van der Waals surface area contributed by atoms with Crippen molar-refractivity contribution in [2.45, 2.75) is 6.54 Å². The normalized spacial score (nSPS) is 10.5. The standard InChI is InChI=1S/C7H9N5O/c1-11-6(9-5-10-11)4-12-3-2-8-7(12)13/h2-3,5H,4H2,1H3,(H,8,13). The van der Waals surface area contributed by atoms with Crippen LogP contribution in [0, 0.1) is 0 Å². The number of aromatic nitrogens is 5. The lowest BCUT2D eigenvalue weighted by molar-refractivity contribution is 0.642. The zero-order valence-corrected chi connectivity index (χ0v) is 7.14. The van der Waals surface area contributed by atoms with E-state index in [9.17, 15) is 4.79 Å². The van der Waals surface area contributed by atoms with E-state index in [0.29, 0.717) is 6.54 Å². The first-order valence-corrected chi connectivity index (χ1v) is 3.84. The minimum absolute atomic E-state index is 0.136. The van der Waals surface area contributed by atoms with Gasteiger partial charge in [0.2, 0.25) is 0 Å². The van der Waals surface area contributed by atoms with Gasteiger partial charge in [-0.1, -0.05) is 0 Å². The van der Waals surface area contributed by atoms with E-state index in [4.69, 9.17) is 0 Å². The summed E-state index contributed by atoms with van der Waals surface area (Å²) >= 11 is 0. The SMILES string of the molecule is Cn1ncnc1Cn1cc[nH]c1=O. The Kier molecular flexibility index (Phi) is 1.73. The molecule has 68 valence electrons. The molecule has 0 atom stereocenters. The van der Waals surface area contributed by atoms with Crippen LogP contribution in [0.4, 0.5) is 0 Å². The van der Waals surface area contributed by atoms with Crippen molar-refractivity contribution in [3.05, 3.63) is 35.0 Å². The van der Waals surface area contributed by atoms with Gasteiger partial charge in [-0.25, -0.2) is 9.78 Å². The van der Waals surface area contributed by atoms with Gasteiger partial charge in [-0.3, -0.25) is 9.25 Å². The van der Waals surface area contributed by atoms with E-state index in [1.807, 2.05) is 0 Å². The molecule has 6 heteroatoms. The predicted molar refractivity (Wildman–Crippen MR) is 45.2 cm³/mol. The van der Waals surface area contributed by atoms with Gasteiger partial charge in [-0.15, -0.1) is 0 Å². The predicted octanol–water partition coefficient (Wildman–Crippen LogP) is -0.647. The fraction of sp³-hybridized carbons (Fsp3) is 0.286. The Hall–Kier alpha value is -1.85. The van der Waals surface area contributed by atoms with Crippen LogP contribution in [0.15, 0.2) is 23.5 Å². The summed E-state index contributed by atoms with van der Waals surface area (Å²) in [6, 6.07) is 0. The van der Waals surface area contributed by atoms with Crippen molar-refractivity contribution in [1.82, 2.24) is 24.3 Å². The number of hydrogen-bond acceptors (Lipinski definition) is 3. The summed E-state index contributed by atoms with van der Waals surface area (Å²) in [5.74, 6) is 0.752. The first-order valence-electron chi connectivity index (χ1n) is 3.84. The van der Waals surface area contributed by atoms with Crippen LogP contribution in [-0.2, 0) is 13.6 Å². The van der Waals surface area contributed by atoms with Crippen LogP contribution in [0.2, 0.25) is 0 Å². The zero-order valence-electron chi connectivity index (χ0n) is 7.14. The topological polar surface area (TPSA) is 68.5 Å². The molecule has 0 saturated heterocycles. The summed E-state index contributed by atoms with van der Waals surface area (Å²) in [5, 5.41) is 3.91. The van der Waals surface area contributed by atoms with E-state index in [0.717, 1.165) is 5.82 Å². The highest BCUT2D eigenvalue weighted by atomic mass is 16.1. The van der Waals surface area contributed by atoms with Crippen molar-refractivity contribution in [3.8, 4) is 0 Å². The Morgan fingerprint density at radius 3 is 3.00 bits per heavy atom. The molecule has 2 heterocycles. The van der Waals surface area contributed by atoms with Crippen LogP contribution in [-0.4, -0.2) is 24.3 Å². The molecular formula is C7H9N5O. The Bertz CT molecular complexity index is 451. The molecule has 0 aliphatic rings. The summed E-state index contributed by atoms with van der Waals surface area (Å²) in [7, 11) is 1.79. The van der Waals surface area contributed by atoms with Gasteiger partial charge in [0, 0.05) is 19.4 Å². The van der Waals surface area contributed by atoms with Gasteiger partial charge >= 0.3 is 5.69 Å². The van der Waals surface area contributed by atoms with Gasteiger partial charge < -0.3 is 4.98 Å². The second kappa shape index (κ2) is 2.89. The van der Waals surface area contributed by atoms with E-state index in [1.54, 1.807) is 24.1 Å². The maximum Gasteiger partial charge on any atom is 0.325 e. The molecule has 0 aliphatic heterocycles. The third-order valence-corrected chi connectivity index (χ3v) is 1.84. The number of nitrogens with one attached hydrogen (secondary N) is 1. The fourth-order valence-electron chi connectivity index (χ4n) is 1.09. The smallest absolute Gasteiger partial charge is 0.313 e. The van der Waals surface area contributed by atoms with Crippen molar-refractivity contribution in [3.63, 3.8) is 0 Å². The number of aryl methyl sites for hydroxylation is 1. The number of hydrogen-bond donors (Lipinski definition) is 1. The monoisotopic (exact) mass is 179 g/mol. The van der Waals surface area contributed by atoms with E-state index in [-0.39, 0.29) is 5.69 Å². The van der Waals surface area contributed by atoms with Gasteiger partial charge in [0.15, 0.2) is 0 Å². The van der Waals surface area contributed by atoms with E-state index >= 15 is 0 Å². The van der Waals surface area contributed by atoms with E-state index < -0.39 is 0 Å². The first kappa shape index (κ1) is 7.78. The molecule has 0 bridgehead atoms. The van der Waals surface area contributed by atoms with Crippen LogP contribution < -0.4 is 5.69 Å². The lowest BCUT2D eigenvalue weighted by Crippen LogP contribution is -2.18. The van der Waals surface area contributed by atoms with Gasteiger partial charge in [0.25, 0.3) is 0 Å². The number of rotatable bonds is 2. The van der Waals surface area contributed by atoms with Crippen LogP contribution in [0.1, 0.15) is 5.82 Å². The first-order chi connectivity index (χ1) is 6.27. The largest absolute Gasteiger partial charge is 0.325 e. The van der Waals surface area contributed by atoms with Crippen LogP contribution in [0.25, 0.3) is 0 Å². The molecule has 0 fully saturated rings. The highest BCUT2D eigenvalue weighted by Crippen LogP contribution is 1.92. The summed E-state index contributed by atoms with van der Waals surface area (Å²) in [6.45, 7) is 0.443. The average molecular weight is 179 g/mol. The third kappa shape index (κ3) is 1.37. The molecule has 13 heavy (non-hydrogen) atoms. The number of H-pyrrole nitrogens is 1. The van der Waals surface area contributed by atoms with Crippen molar-refractivity contribution in [2.75, 3.05) is 0 Å². The molecule has 0 saturated carbocycles. The highest BCUT2D eigenvalue weighted by Gasteiger charge is 2.02. The Balaban J connectivity index is 2.29. The Labute approximate surface area is 73.8 Å². The molecular weight excluding hydrogens is 170 g/mol. The maximum atomic E-state index is 11.1. The number of imidazole rings is 1. The molecule has 2 aromatic rings. The average Bonchev–Trinajstić information content (AvgIpc) is 2.65. The summed E-state index contributed by atoms with van der Waals surface area (Å²) < 4.78 is 3.17. The van der Waals surface area contributed by atoms with Gasteiger partial charge in [-0.05, 0) is 0 Å². The second-order valence-corrected chi connectivity index (χ2v) is 2.69. The third-order valence-electron chi connectivity index (χ3n) is 1.84. The van der Waals surface area contributed by atoms with E-state index in [2.05, 4.69) is 15.1 Å². The zero-order chi connectivity index (χ0) is 9.26. The Morgan fingerprint density at radius 2 is 2.46 bits per heavy atom. The van der Waals surface area contributed by atoms with Crippen molar-refractivity contribution < 1.29 is 0 Å². The molecule has 0 amide bonds. The van der Waals surface area contributed by atoms with Crippen molar-refractivity contribution >= 4 is 0 Å². The molecule has 0 aromatic carbocycles. The maximum absolute atomic E-state index is 11.1. The highest BCUT2D eigenvalue weighted by molar-refractivity contribution is 4.87. The van der Waals surface area contributed by atoms with Crippen LogP contribution >= 0.6 is 0 Å². The summed E-state index contributed by atoms with van der Waals surface area (Å²) in [5.41, 5.74) is -0.136. The molecule has 2 aromatic heterocycles. The minimum atomic E-state index is -0.136. The van der Waals surface area contributed by atoms with Gasteiger partial charge in [-0.2, -0.15) is 5.10 Å². The molecule has 0 radical (unpaired) electrons. The van der Waals surface area contributed by atoms with Gasteiger partial charge in [0.05, 0.1) is 6.54 Å². The lowest BCUT2D eigenvalue weighted by atomic mass is 10.6. The molecule has 0 unspecified atom stereocenters. The van der Waals surface area contributed by atoms with Gasteiger partial charge in [0.1, 0.15) is 12.2 Å². The summed E-state index contributed by atoms with van der Waals surface area (Å²) in [6.07, 6.45) is 4.74. The van der Waals surface area contributed by atoms with Crippen LogP contribution in [0.3, 0.4) is 0 Å². The number of aromatic amines is 1. The minimum Gasteiger partial charge on any atom is -0.313 e. The quantitative estimate of drug-likeness (QED) is 0.666. The van der Waals surface area contributed by atoms with Crippen molar-refractivity contribution in [2.24, 2.45) is 7.05 Å². The molecule has 2 rings (SSSR count). The molecule has 0 aliphatic carbocycles. The van der Waals surface area contributed by atoms with E-state index in [1.165, 1.54) is 10.9 Å². The molecule has 0 spiro atoms. The molecule has 6 nitrogen and oxygen atoms in total. The second-order valence-electron chi connectivity index (χ2n) is 2.69. The van der Waals surface area contributed by atoms with Crippen molar-refractivity contribution in [1.29, 1.82) is 0 Å². The van der Waals surface area contributed by atoms with Crippen LogP contribution in [0.5, 0.6) is 0 Å². The number of nitrogens with zero attached hydrogens (tertiary/aromatic N) is 4. The fourth-order valence-corrected chi connectivity index (χ4v) is 1.09. The molecule has 1 N–H and O–H groups in total. The Morgan fingerprint density at radius 1 is 1.62 bits per heavy atom. The summed E-state index contributed by atoms with van der Waals surface area (Å²) in [4.78, 5) is 17.7. The lowest BCUT2D eigenvalue weighted by Gasteiger charge is -1.99.